The van der Waals surface area contributed by atoms with Crippen molar-refractivity contribution < 1.29 is 24.2 Å². The van der Waals surface area contributed by atoms with Crippen molar-refractivity contribution >= 4 is 12.0 Å². The Balaban J connectivity index is 2.25. The number of hydrogen-bond donors (Lipinski definition) is 3. The van der Waals surface area contributed by atoms with Crippen LogP contribution in [0.1, 0.15) is 29.8 Å². The van der Waals surface area contributed by atoms with Crippen LogP contribution in [0.5, 0.6) is 0 Å². The van der Waals surface area contributed by atoms with Crippen LogP contribution in [0.25, 0.3) is 0 Å². The van der Waals surface area contributed by atoms with Crippen LogP contribution in [0.4, 0.5) is 4.79 Å². The van der Waals surface area contributed by atoms with Crippen molar-refractivity contribution in [3.05, 3.63) is 35.4 Å². The number of ether oxygens (including phenoxy) is 2. The summed E-state index contributed by atoms with van der Waals surface area (Å²) >= 11 is 0. The number of benzene rings is 1. The molecule has 1 aromatic rings. The van der Waals surface area contributed by atoms with Crippen LogP contribution in [-0.2, 0) is 16.0 Å². The number of urea groups is 1. The van der Waals surface area contributed by atoms with Crippen molar-refractivity contribution in [2.24, 2.45) is 5.92 Å². The van der Waals surface area contributed by atoms with Crippen LogP contribution in [0.2, 0.25) is 0 Å². The van der Waals surface area contributed by atoms with Gasteiger partial charge in [0.2, 0.25) is 0 Å². The van der Waals surface area contributed by atoms with Gasteiger partial charge in [-0.15, -0.1) is 0 Å². The predicted molar refractivity (Wildman–Crippen MR) is 89.7 cm³/mol. The van der Waals surface area contributed by atoms with Gasteiger partial charge in [-0.2, -0.15) is 0 Å². The van der Waals surface area contributed by atoms with E-state index in [1.165, 1.54) is 7.11 Å². The molecule has 0 saturated carbocycles. The van der Waals surface area contributed by atoms with Gasteiger partial charge >= 0.3 is 12.0 Å². The SMILES string of the molecule is COC(=O)c1ccc(CNC(=O)NC[C@@H](O)COCC(C)C)cc1. The van der Waals surface area contributed by atoms with Gasteiger partial charge in [0.1, 0.15) is 0 Å². The summed E-state index contributed by atoms with van der Waals surface area (Å²) < 4.78 is 9.92. The highest BCUT2D eigenvalue weighted by molar-refractivity contribution is 5.89. The Hall–Kier alpha value is -2.12. The molecule has 0 saturated heterocycles. The Morgan fingerprint density at radius 1 is 1.12 bits per heavy atom. The van der Waals surface area contributed by atoms with Crippen molar-refractivity contribution in [3.63, 3.8) is 0 Å². The molecule has 7 heteroatoms. The van der Waals surface area contributed by atoms with Crippen molar-refractivity contribution in [2.45, 2.75) is 26.5 Å². The monoisotopic (exact) mass is 338 g/mol. The lowest BCUT2D eigenvalue weighted by atomic mass is 10.1. The minimum Gasteiger partial charge on any atom is -0.465 e. The number of aliphatic hydroxyl groups is 1. The van der Waals surface area contributed by atoms with Crippen molar-refractivity contribution in [2.75, 3.05) is 26.9 Å². The van der Waals surface area contributed by atoms with Crippen LogP contribution in [0.15, 0.2) is 24.3 Å². The van der Waals surface area contributed by atoms with Crippen LogP contribution in [0, 0.1) is 5.92 Å². The van der Waals surface area contributed by atoms with E-state index in [1.54, 1.807) is 24.3 Å². The van der Waals surface area contributed by atoms with E-state index >= 15 is 0 Å². The molecule has 0 spiro atoms. The standard InChI is InChI=1S/C17H26N2O5/c1-12(2)10-24-11-15(20)9-19-17(22)18-8-13-4-6-14(7-5-13)16(21)23-3/h4-7,12,15,20H,8-11H2,1-3H3,(H2,18,19,22)/t15-/m1/s1. The van der Waals surface area contributed by atoms with E-state index in [0.717, 1.165) is 5.56 Å². The highest BCUT2D eigenvalue weighted by atomic mass is 16.5. The molecule has 2 amide bonds. The second-order valence-corrected chi connectivity index (χ2v) is 5.84. The maximum Gasteiger partial charge on any atom is 0.337 e. The molecule has 1 rings (SSSR count). The minimum atomic E-state index is -0.742. The third-order valence-corrected chi connectivity index (χ3v) is 3.09. The molecule has 3 N–H and O–H groups in total. The van der Waals surface area contributed by atoms with Gasteiger partial charge in [-0.25, -0.2) is 9.59 Å². The number of hydrogen-bond acceptors (Lipinski definition) is 5. The third kappa shape index (κ3) is 7.94. The molecule has 24 heavy (non-hydrogen) atoms. The quantitative estimate of drug-likeness (QED) is 0.590. The average Bonchev–Trinajstić information content (AvgIpc) is 2.57. The fourth-order valence-electron chi connectivity index (χ4n) is 1.83. The summed E-state index contributed by atoms with van der Waals surface area (Å²) in [6.45, 7) is 5.24. The molecular formula is C17H26N2O5. The Bertz CT molecular complexity index is 516. The van der Waals surface area contributed by atoms with Crippen LogP contribution in [0.3, 0.4) is 0 Å². The van der Waals surface area contributed by atoms with E-state index in [-0.39, 0.29) is 19.2 Å². The molecule has 0 aliphatic carbocycles. The van der Waals surface area contributed by atoms with E-state index < -0.39 is 12.1 Å². The van der Waals surface area contributed by atoms with E-state index in [9.17, 15) is 14.7 Å². The van der Waals surface area contributed by atoms with E-state index in [1.807, 2.05) is 13.8 Å². The number of nitrogens with one attached hydrogen (secondary N) is 2. The summed E-state index contributed by atoms with van der Waals surface area (Å²) in [4.78, 5) is 23.0. The zero-order chi connectivity index (χ0) is 17.9. The molecule has 1 aromatic carbocycles. The van der Waals surface area contributed by atoms with E-state index in [2.05, 4.69) is 15.4 Å². The largest absolute Gasteiger partial charge is 0.465 e. The molecule has 0 radical (unpaired) electrons. The van der Waals surface area contributed by atoms with Crippen LogP contribution < -0.4 is 10.6 Å². The summed E-state index contributed by atoms with van der Waals surface area (Å²) in [6.07, 6.45) is -0.742. The van der Waals surface area contributed by atoms with Gasteiger partial charge in [0.15, 0.2) is 0 Å². The first-order valence-electron chi connectivity index (χ1n) is 7.87. The number of esters is 1. The zero-order valence-electron chi connectivity index (χ0n) is 14.4. The lowest BCUT2D eigenvalue weighted by molar-refractivity contribution is 0.0272. The number of carbonyl (C=O) groups is 2. The van der Waals surface area contributed by atoms with Gasteiger partial charge in [-0.3, -0.25) is 0 Å². The van der Waals surface area contributed by atoms with Crippen molar-refractivity contribution in [3.8, 4) is 0 Å². The summed E-state index contributed by atoms with van der Waals surface area (Å²) in [5.41, 5.74) is 1.30. The van der Waals surface area contributed by atoms with Gasteiger partial charge in [-0.05, 0) is 23.6 Å². The zero-order valence-corrected chi connectivity index (χ0v) is 14.4. The topological polar surface area (TPSA) is 96.9 Å². The van der Waals surface area contributed by atoms with Crippen molar-refractivity contribution in [1.82, 2.24) is 10.6 Å². The first-order chi connectivity index (χ1) is 11.4. The summed E-state index contributed by atoms with van der Waals surface area (Å²) in [6, 6.07) is 6.37. The molecule has 134 valence electrons. The maximum atomic E-state index is 11.7. The minimum absolute atomic E-state index is 0.116. The first-order valence-corrected chi connectivity index (χ1v) is 7.87. The Morgan fingerprint density at radius 3 is 2.38 bits per heavy atom. The smallest absolute Gasteiger partial charge is 0.337 e. The van der Waals surface area contributed by atoms with Gasteiger partial charge < -0.3 is 25.2 Å². The third-order valence-electron chi connectivity index (χ3n) is 3.09. The number of aliphatic hydroxyl groups excluding tert-OH is 1. The normalized spacial score (nSPS) is 11.9. The molecule has 0 aliphatic heterocycles. The second kappa shape index (κ2) is 10.6. The molecular weight excluding hydrogens is 312 g/mol. The molecule has 0 aliphatic rings. The van der Waals surface area contributed by atoms with Crippen LogP contribution in [-0.4, -0.2) is 50.1 Å². The first kappa shape index (κ1) is 19.9. The lowest BCUT2D eigenvalue weighted by Crippen LogP contribution is -2.40. The fourth-order valence-corrected chi connectivity index (χ4v) is 1.83. The number of carbonyl (C=O) groups excluding carboxylic acids is 2. The Morgan fingerprint density at radius 2 is 1.79 bits per heavy atom. The van der Waals surface area contributed by atoms with Gasteiger partial charge in [0, 0.05) is 19.7 Å². The highest BCUT2D eigenvalue weighted by Crippen LogP contribution is 2.05. The number of rotatable bonds is 9. The highest BCUT2D eigenvalue weighted by Gasteiger charge is 2.08. The molecule has 7 nitrogen and oxygen atoms in total. The molecule has 0 heterocycles. The summed E-state index contributed by atoms with van der Waals surface area (Å²) in [7, 11) is 1.32. The second-order valence-electron chi connectivity index (χ2n) is 5.84. The Labute approximate surface area is 142 Å². The maximum absolute atomic E-state index is 11.7. The van der Waals surface area contributed by atoms with Crippen molar-refractivity contribution in [1.29, 1.82) is 0 Å². The lowest BCUT2D eigenvalue weighted by Gasteiger charge is -2.14. The fraction of sp³-hybridized carbons (Fsp3) is 0.529. The van der Waals surface area contributed by atoms with Gasteiger partial charge in [0.25, 0.3) is 0 Å². The van der Waals surface area contributed by atoms with Crippen LogP contribution >= 0.6 is 0 Å². The average molecular weight is 338 g/mol. The predicted octanol–water partition coefficient (Wildman–Crippen LogP) is 1.31. The number of methoxy groups -OCH3 is 1. The summed E-state index contributed by atoms with van der Waals surface area (Å²) in [5.74, 6) is -0.0000424. The molecule has 0 unspecified atom stereocenters. The Kier molecular flexibility index (Phi) is 8.81. The van der Waals surface area contributed by atoms with Gasteiger partial charge in [-0.1, -0.05) is 26.0 Å². The number of amides is 2. The summed E-state index contributed by atoms with van der Waals surface area (Å²) in [5, 5.41) is 14.9. The van der Waals surface area contributed by atoms with E-state index in [0.29, 0.717) is 24.6 Å². The molecule has 1 atom stereocenters. The van der Waals surface area contributed by atoms with Gasteiger partial charge in [0.05, 0.1) is 25.4 Å². The molecule has 0 fully saturated rings. The van der Waals surface area contributed by atoms with E-state index in [4.69, 9.17) is 4.74 Å². The molecule has 0 bridgehead atoms. The molecule has 0 aromatic heterocycles.